The SMILES string of the molecule is CCOc1ccc(C[C@@H](NC(=O)c2ccc(C)cc2)C(=O)N(CCc2cccnc2)C(=O)NCc2ccc(CN)cc2)cc1. The Balaban J connectivity index is 1.58. The summed E-state index contributed by atoms with van der Waals surface area (Å²) in [7, 11) is 0. The van der Waals surface area contributed by atoms with E-state index in [2.05, 4.69) is 15.6 Å². The number of aryl methyl sites for hydroxylation is 1. The molecule has 9 heteroatoms. The summed E-state index contributed by atoms with van der Waals surface area (Å²) in [6.45, 7) is 5.12. The molecule has 44 heavy (non-hydrogen) atoms. The van der Waals surface area contributed by atoms with E-state index >= 15 is 0 Å². The zero-order valence-electron chi connectivity index (χ0n) is 25.2. The molecule has 0 spiro atoms. The normalized spacial score (nSPS) is 11.3. The van der Waals surface area contributed by atoms with Gasteiger partial charge in [-0.1, -0.05) is 60.2 Å². The second-order valence-electron chi connectivity index (χ2n) is 10.5. The fraction of sp³-hybridized carbons (Fsp3) is 0.257. The quantitative estimate of drug-likeness (QED) is 0.209. The minimum atomic E-state index is -1.01. The van der Waals surface area contributed by atoms with Crippen LogP contribution in [0.25, 0.3) is 0 Å². The molecule has 1 aromatic heterocycles. The summed E-state index contributed by atoms with van der Waals surface area (Å²) in [6.07, 6.45) is 3.96. The summed E-state index contributed by atoms with van der Waals surface area (Å²) in [6, 6.07) is 24.2. The first kappa shape index (κ1) is 31.9. The molecule has 9 nitrogen and oxygen atoms in total. The van der Waals surface area contributed by atoms with Crippen LogP contribution in [0.15, 0.2) is 97.3 Å². The molecule has 0 aliphatic rings. The van der Waals surface area contributed by atoms with E-state index in [1.54, 1.807) is 24.5 Å². The Labute approximate surface area is 258 Å². The van der Waals surface area contributed by atoms with E-state index in [4.69, 9.17) is 10.5 Å². The number of nitrogens with two attached hydrogens (primary N) is 1. The molecule has 0 aliphatic heterocycles. The first-order valence-corrected chi connectivity index (χ1v) is 14.7. The van der Waals surface area contributed by atoms with Crippen LogP contribution in [-0.2, 0) is 30.7 Å². The third kappa shape index (κ3) is 9.24. The molecule has 0 bridgehead atoms. The zero-order chi connectivity index (χ0) is 31.3. The molecule has 1 heterocycles. The van der Waals surface area contributed by atoms with Gasteiger partial charge in [-0.2, -0.15) is 0 Å². The Kier molecular flexibility index (Phi) is 11.6. The summed E-state index contributed by atoms with van der Waals surface area (Å²) >= 11 is 0. The largest absolute Gasteiger partial charge is 0.494 e. The summed E-state index contributed by atoms with van der Waals surface area (Å²) < 4.78 is 5.56. The lowest BCUT2D eigenvalue weighted by Crippen LogP contribution is -2.54. The molecule has 0 radical (unpaired) electrons. The number of nitrogens with one attached hydrogen (secondary N) is 2. The molecule has 0 fully saturated rings. The number of rotatable bonds is 13. The van der Waals surface area contributed by atoms with Crippen LogP contribution >= 0.6 is 0 Å². The van der Waals surface area contributed by atoms with Crippen molar-refractivity contribution in [2.75, 3.05) is 13.2 Å². The second-order valence-corrected chi connectivity index (χ2v) is 10.5. The van der Waals surface area contributed by atoms with E-state index in [0.29, 0.717) is 30.9 Å². The molecule has 0 aliphatic carbocycles. The van der Waals surface area contributed by atoms with Crippen molar-refractivity contribution >= 4 is 17.8 Å². The molecule has 4 N–H and O–H groups in total. The molecular weight excluding hydrogens is 554 g/mol. The number of nitrogens with zero attached hydrogens (tertiary/aromatic N) is 2. The van der Waals surface area contributed by atoms with Crippen LogP contribution in [0.4, 0.5) is 4.79 Å². The standard InChI is InChI=1S/C35H39N5O4/c1-3-44-31-16-12-26(13-17-31)21-32(39-33(41)30-14-6-25(2)7-15-30)34(42)40(20-18-28-5-4-19-37-23-28)35(43)38-24-29-10-8-27(22-36)9-11-29/h4-17,19,23,32H,3,18,20-22,24,36H2,1-2H3,(H,38,43)(H,39,41)/t32-/m1/s1. The average molecular weight is 594 g/mol. The number of amides is 4. The lowest BCUT2D eigenvalue weighted by Gasteiger charge is -2.27. The van der Waals surface area contributed by atoms with E-state index in [-0.39, 0.29) is 19.5 Å². The van der Waals surface area contributed by atoms with Crippen LogP contribution in [0.5, 0.6) is 5.75 Å². The lowest BCUT2D eigenvalue weighted by molar-refractivity contribution is -0.130. The predicted molar refractivity (Wildman–Crippen MR) is 170 cm³/mol. The van der Waals surface area contributed by atoms with Gasteiger partial charge in [0.1, 0.15) is 11.8 Å². The Hall–Kier alpha value is -5.02. The maximum Gasteiger partial charge on any atom is 0.324 e. The van der Waals surface area contributed by atoms with Crippen LogP contribution in [-0.4, -0.2) is 46.9 Å². The van der Waals surface area contributed by atoms with E-state index in [1.807, 2.05) is 86.6 Å². The van der Waals surface area contributed by atoms with Gasteiger partial charge in [0, 0.05) is 44.0 Å². The average Bonchev–Trinajstić information content (AvgIpc) is 3.05. The van der Waals surface area contributed by atoms with Crippen LogP contribution in [0.3, 0.4) is 0 Å². The number of urea groups is 1. The van der Waals surface area contributed by atoms with Crippen molar-refractivity contribution in [3.63, 3.8) is 0 Å². The maximum atomic E-state index is 14.2. The Morgan fingerprint density at radius 1 is 0.886 bits per heavy atom. The third-order valence-corrected chi connectivity index (χ3v) is 7.15. The van der Waals surface area contributed by atoms with Crippen molar-refractivity contribution < 1.29 is 19.1 Å². The molecule has 4 amide bonds. The zero-order valence-corrected chi connectivity index (χ0v) is 25.2. The number of ether oxygens (including phenoxy) is 1. The minimum absolute atomic E-state index is 0.0999. The predicted octanol–water partition coefficient (Wildman–Crippen LogP) is 4.57. The first-order valence-electron chi connectivity index (χ1n) is 14.7. The minimum Gasteiger partial charge on any atom is -0.494 e. The molecule has 0 unspecified atom stereocenters. The van der Waals surface area contributed by atoms with Crippen LogP contribution in [0, 0.1) is 6.92 Å². The number of benzene rings is 3. The van der Waals surface area contributed by atoms with Gasteiger partial charge in [-0.3, -0.25) is 19.5 Å². The number of carbonyl (C=O) groups is 3. The monoisotopic (exact) mass is 593 g/mol. The van der Waals surface area contributed by atoms with Gasteiger partial charge in [0.05, 0.1) is 6.61 Å². The van der Waals surface area contributed by atoms with E-state index < -0.39 is 23.9 Å². The maximum absolute atomic E-state index is 14.2. The first-order chi connectivity index (χ1) is 21.4. The van der Waals surface area contributed by atoms with Gasteiger partial charge in [0.2, 0.25) is 0 Å². The Morgan fingerprint density at radius 2 is 1.57 bits per heavy atom. The highest BCUT2D eigenvalue weighted by Gasteiger charge is 2.30. The number of pyridine rings is 1. The highest BCUT2D eigenvalue weighted by Crippen LogP contribution is 2.16. The lowest BCUT2D eigenvalue weighted by atomic mass is 10.0. The van der Waals surface area contributed by atoms with E-state index in [0.717, 1.165) is 27.8 Å². The summed E-state index contributed by atoms with van der Waals surface area (Å²) in [4.78, 5) is 46.4. The van der Waals surface area contributed by atoms with E-state index in [1.165, 1.54) is 4.90 Å². The summed E-state index contributed by atoms with van der Waals surface area (Å²) in [5.74, 6) is -0.207. The van der Waals surface area contributed by atoms with Crippen LogP contribution < -0.4 is 21.1 Å². The van der Waals surface area contributed by atoms with Crippen molar-refractivity contribution in [3.05, 3.63) is 131 Å². The smallest absolute Gasteiger partial charge is 0.324 e. The van der Waals surface area contributed by atoms with Gasteiger partial charge in [0.15, 0.2) is 0 Å². The Morgan fingerprint density at radius 3 is 2.20 bits per heavy atom. The van der Waals surface area contributed by atoms with Crippen molar-refractivity contribution in [3.8, 4) is 5.75 Å². The number of imide groups is 1. The topological polar surface area (TPSA) is 127 Å². The molecule has 228 valence electrons. The van der Waals surface area contributed by atoms with Crippen LogP contribution in [0.2, 0.25) is 0 Å². The summed E-state index contributed by atoms with van der Waals surface area (Å²) in [5, 5.41) is 5.77. The van der Waals surface area contributed by atoms with Gasteiger partial charge >= 0.3 is 6.03 Å². The van der Waals surface area contributed by atoms with Crippen molar-refractivity contribution in [1.82, 2.24) is 20.5 Å². The van der Waals surface area contributed by atoms with Crippen LogP contribution in [0.1, 0.15) is 45.1 Å². The molecule has 3 aromatic carbocycles. The fourth-order valence-electron chi connectivity index (χ4n) is 4.62. The molecule has 4 aromatic rings. The molecule has 4 rings (SSSR count). The summed E-state index contributed by atoms with van der Waals surface area (Å²) in [5.41, 5.74) is 10.7. The Bertz CT molecular complexity index is 1510. The van der Waals surface area contributed by atoms with Gasteiger partial charge in [-0.05, 0) is 72.9 Å². The van der Waals surface area contributed by atoms with Crippen molar-refractivity contribution in [1.29, 1.82) is 0 Å². The van der Waals surface area contributed by atoms with E-state index in [9.17, 15) is 14.4 Å². The van der Waals surface area contributed by atoms with Crippen molar-refractivity contribution in [2.45, 2.75) is 45.8 Å². The van der Waals surface area contributed by atoms with Crippen molar-refractivity contribution in [2.24, 2.45) is 5.73 Å². The molecule has 1 atom stereocenters. The van der Waals surface area contributed by atoms with Gasteiger partial charge in [0.25, 0.3) is 11.8 Å². The second kappa shape index (κ2) is 16.0. The number of aromatic nitrogens is 1. The number of hydrogen-bond acceptors (Lipinski definition) is 6. The molecule has 0 saturated heterocycles. The highest BCUT2D eigenvalue weighted by atomic mass is 16.5. The highest BCUT2D eigenvalue weighted by molar-refractivity contribution is 6.01. The van der Waals surface area contributed by atoms with Gasteiger partial charge in [-0.15, -0.1) is 0 Å². The third-order valence-electron chi connectivity index (χ3n) is 7.15. The fourth-order valence-corrected chi connectivity index (χ4v) is 4.62. The molecular formula is C35H39N5O4. The van der Waals surface area contributed by atoms with Gasteiger partial charge in [-0.25, -0.2) is 4.79 Å². The number of hydrogen-bond donors (Lipinski definition) is 3. The van der Waals surface area contributed by atoms with Gasteiger partial charge < -0.3 is 21.1 Å². The molecule has 0 saturated carbocycles. The number of carbonyl (C=O) groups excluding carboxylic acids is 3.